The van der Waals surface area contributed by atoms with Gasteiger partial charge in [0.15, 0.2) is 11.1 Å². The molecule has 0 aliphatic carbocycles. The molecule has 26 heavy (non-hydrogen) atoms. The van der Waals surface area contributed by atoms with E-state index in [1.54, 1.807) is 35.9 Å². The van der Waals surface area contributed by atoms with E-state index in [2.05, 4.69) is 25.3 Å². The molecule has 2 rings (SSSR count). The molecular formula is C14H23IN6O2S3. The summed E-state index contributed by atoms with van der Waals surface area (Å²) in [5.74, 6) is 0.592. The maximum absolute atomic E-state index is 12.0. The van der Waals surface area contributed by atoms with E-state index in [4.69, 9.17) is 0 Å². The Labute approximate surface area is 179 Å². The lowest BCUT2D eigenvalue weighted by Crippen LogP contribution is -2.41. The molecule has 0 fully saturated rings. The molecule has 0 atom stereocenters. The quantitative estimate of drug-likeness (QED) is 0.207. The average molecular weight is 530 g/mol. The van der Waals surface area contributed by atoms with Crippen molar-refractivity contribution in [2.45, 2.75) is 10.8 Å². The van der Waals surface area contributed by atoms with Crippen LogP contribution in [0.25, 0.3) is 0 Å². The van der Waals surface area contributed by atoms with Crippen molar-refractivity contribution in [2.24, 2.45) is 4.99 Å². The summed E-state index contributed by atoms with van der Waals surface area (Å²) in [5.41, 5.74) is 0.926. The monoisotopic (exact) mass is 530 g/mol. The summed E-state index contributed by atoms with van der Waals surface area (Å²) in [6, 6.07) is 3.29. The van der Waals surface area contributed by atoms with Gasteiger partial charge in [0.25, 0.3) is 0 Å². The summed E-state index contributed by atoms with van der Waals surface area (Å²) in [6.07, 6.45) is 0. The molecule has 0 aromatic carbocycles. The van der Waals surface area contributed by atoms with E-state index in [-0.39, 0.29) is 30.5 Å². The summed E-state index contributed by atoms with van der Waals surface area (Å²) in [7, 11) is 2.14. The Morgan fingerprint density at radius 2 is 2.04 bits per heavy atom. The van der Waals surface area contributed by atoms with Crippen molar-refractivity contribution in [2.75, 3.05) is 39.1 Å². The lowest BCUT2D eigenvalue weighted by molar-refractivity contribution is 0.582. The van der Waals surface area contributed by atoms with Crippen LogP contribution in [-0.2, 0) is 16.6 Å². The molecule has 8 nitrogen and oxygen atoms in total. The highest BCUT2D eigenvalue weighted by Crippen LogP contribution is 2.17. The molecule has 0 amide bonds. The fourth-order valence-electron chi connectivity index (χ4n) is 1.83. The molecule has 0 spiro atoms. The van der Waals surface area contributed by atoms with Crippen molar-refractivity contribution in [1.82, 2.24) is 20.3 Å². The SMILES string of the molecule is CN=C(NCCNS(=O)(=O)c1cccs1)NCc1csc(N(C)C)n1.I. The van der Waals surface area contributed by atoms with Gasteiger partial charge in [-0.1, -0.05) is 6.07 Å². The fraction of sp³-hybridized carbons (Fsp3) is 0.429. The molecule has 3 N–H and O–H groups in total. The number of nitrogens with one attached hydrogen (secondary N) is 3. The van der Waals surface area contributed by atoms with E-state index in [1.807, 2.05) is 24.4 Å². The van der Waals surface area contributed by atoms with Crippen LogP contribution in [0.4, 0.5) is 5.13 Å². The standard InChI is InChI=1S/C14H22N6O2S3.HI/c1-15-13(17-9-11-10-24-14(19-11)20(2)3)16-6-7-18-25(21,22)12-5-4-8-23-12;/h4-5,8,10,18H,6-7,9H2,1-3H3,(H2,15,16,17);1H. The van der Waals surface area contributed by atoms with Gasteiger partial charge in [0.2, 0.25) is 10.0 Å². The predicted octanol–water partition coefficient (Wildman–Crippen LogP) is 1.53. The maximum atomic E-state index is 12.0. The molecule has 2 heterocycles. The number of hydrogen-bond acceptors (Lipinski definition) is 7. The molecule has 146 valence electrons. The highest BCUT2D eigenvalue weighted by molar-refractivity contribution is 14.0. The first-order chi connectivity index (χ1) is 11.9. The first kappa shape index (κ1) is 23.1. The zero-order valence-corrected chi connectivity index (χ0v) is 19.5. The third kappa shape index (κ3) is 6.98. The maximum Gasteiger partial charge on any atom is 0.250 e. The number of sulfonamides is 1. The van der Waals surface area contributed by atoms with Crippen LogP contribution in [-0.4, -0.2) is 53.6 Å². The van der Waals surface area contributed by atoms with Gasteiger partial charge in [-0.25, -0.2) is 18.1 Å². The van der Waals surface area contributed by atoms with Crippen LogP contribution in [0.2, 0.25) is 0 Å². The summed E-state index contributed by atoms with van der Waals surface area (Å²) in [6.45, 7) is 1.23. The molecule has 0 bridgehead atoms. The van der Waals surface area contributed by atoms with Gasteiger partial charge in [-0.2, -0.15) is 0 Å². The van der Waals surface area contributed by atoms with Crippen molar-refractivity contribution >= 4 is 67.8 Å². The van der Waals surface area contributed by atoms with E-state index in [9.17, 15) is 8.42 Å². The number of thiophene rings is 1. The summed E-state index contributed by atoms with van der Waals surface area (Å²) in [4.78, 5) is 10.6. The largest absolute Gasteiger partial charge is 0.355 e. The van der Waals surface area contributed by atoms with Gasteiger partial charge in [0.1, 0.15) is 4.21 Å². The van der Waals surface area contributed by atoms with Gasteiger partial charge in [0.05, 0.1) is 12.2 Å². The van der Waals surface area contributed by atoms with Crippen LogP contribution in [0, 0.1) is 0 Å². The Morgan fingerprint density at radius 1 is 1.27 bits per heavy atom. The lowest BCUT2D eigenvalue weighted by atomic mass is 10.5. The fourth-order valence-corrected chi connectivity index (χ4v) is 4.66. The number of anilines is 1. The first-order valence-electron chi connectivity index (χ1n) is 7.52. The topological polar surface area (TPSA) is 98.7 Å². The van der Waals surface area contributed by atoms with Crippen molar-refractivity contribution in [1.29, 1.82) is 0 Å². The van der Waals surface area contributed by atoms with Gasteiger partial charge in [-0.15, -0.1) is 46.7 Å². The minimum Gasteiger partial charge on any atom is -0.355 e. The third-order valence-electron chi connectivity index (χ3n) is 3.05. The van der Waals surface area contributed by atoms with Gasteiger partial charge < -0.3 is 15.5 Å². The second-order valence-corrected chi connectivity index (χ2v) is 8.98. The van der Waals surface area contributed by atoms with Gasteiger partial charge in [-0.3, -0.25) is 4.99 Å². The summed E-state index contributed by atoms with van der Waals surface area (Å²) < 4.78 is 26.8. The van der Waals surface area contributed by atoms with E-state index in [0.717, 1.165) is 10.8 Å². The minimum absolute atomic E-state index is 0. The zero-order valence-electron chi connectivity index (χ0n) is 14.7. The number of rotatable bonds is 8. The van der Waals surface area contributed by atoms with Crippen molar-refractivity contribution in [3.8, 4) is 0 Å². The number of halogens is 1. The van der Waals surface area contributed by atoms with E-state index < -0.39 is 10.0 Å². The second kappa shape index (κ2) is 11.0. The average Bonchev–Trinajstić information content (AvgIpc) is 3.26. The Balaban J connectivity index is 0.00000338. The Bertz CT molecular complexity index is 789. The lowest BCUT2D eigenvalue weighted by Gasteiger charge is -2.11. The van der Waals surface area contributed by atoms with E-state index in [1.165, 1.54) is 11.3 Å². The molecule has 0 radical (unpaired) electrons. The Kier molecular flexibility index (Phi) is 9.78. The highest BCUT2D eigenvalue weighted by atomic mass is 127. The minimum atomic E-state index is -3.43. The van der Waals surface area contributed by atoms with Gasteiger partial charge in [-0.05, 0) is 11.4 Å². The van der Waals surface area contributed by atoms with Crippen molar-refractivity contribution in [3.63, 3.8) is 0 Å². The molecule has 0 aliphatic rings. The van der Waals surface area contributed by atoms with Crippen LogP contribution < -0.4 is 20.3 Å². The number of guanidine groups is 1. The number of nitrogens with zero attached hydrogens (tertiary/aromatic N) is 3. The van der Waals surface area contributed by atoms with Crippen LogP contribution in [0.5, 0.6) is 0 Å². The van der Waals surface area contributed by atoms with Gasteiger partial charge in [0, 0.05) is 39.6 Å². The smallest absolute Gasteiger partial charge is 0.250 e. The van der Waals surface area contributed by atoms with Crippen LogP contribution in [0.1, 0.15) is 5.69 Å². The van der Waals surface area contributed by atoms with Crippen LogP contribution >= 0.6 is 46.7 Å². The van der Waals surface area contributed by atoms with E-state index in [0.29, 0.717) is 23.3 Å². The predicted molar refractivity (Wildman–Crippen MR) is 120 cm³/mol. The molecular weight excluding hydrogens is 507 g/mol. The van der Waals surface area contributed by atoms with Crippen molar-refractivity contribution < 1.29 is 8.42 Å². The molecule has 2 aromatic heterocycles. The first-order valence-corrected chi connectivity index (χ1v) is 10.8. The second-order valence-electron chi connectivity index (χ2n) is 5.20. The normalized spacial score (nSPS) is 11.7. The molecule has 2 aromatic rings. The third-order valence-corrected chi connectivity index (χ3v) is 6.97. The van der Waals surface area contributed by atoms with E-state index >= 15 is 0 Å². The van der Waals surface area contributed by atoms with Crippen LogP contribution in [0.15, 0.2) is 32.1 Å². The van der Waals surface area contributed by atoms with Crippen LogP contribution in [0.3, 0.4) is 0 Å². The molecule has 0 saturated heterocycles. The number of hydrogen-bond donors (Lipinski definition) is 3. The molecule has 0 saturated carbocycles. The number of thiazole rings is 1. The summed E-state index contributed by atoms with van der Waals surface area (Å²) >= 11 is 2.77. The Morgan fingerprint density at radius 3 is 2.62 bits per heavy atom. The zero-order chi connectivity index (χ0) is 18.3. The van der Waals surface area contributed by atoms with Crippen molar-refractivity contribution in [3.05, 3.63) is 28.6 Å². The molecule has 12 heteroatoms. The molecule has 0 aliphatic heterocycles. The molecule has 0 unspecified atom stereocenters. The summed E-state index contributed by atoms with van der Waals surface area (Å²) in [5, 5.41) is 10.9. The number of aliphatic imine (C=N–C) groups is 1. The number of aromatic nitrogens is 1. The van der Waals surface area contributed by atoms with Gasteiger partial charge >= 0.3 is 0 Å². The highest BCUT2D eigenvalue weighted by Gasteiger charge is 2.13. The Hall–Kier alpha value is -0.960.